The van der Waals surface area contributed by atoms with Crippen molar-refractivity contribution in [3.63, 3.8) is 0 Å². The molecule has 102 valence electrons. The number of nitrogens with zero attached hydrogens (tertiary/aromatic N) is 4. The second-order valence-electron chi connectivity index (χ2n) is 4.05. The van der Waals surface area contributed by atoms with Gasteiger partial charge in [0.05, 0.1) is 12.7 Å². The van der Waals surface area contributed by atoms with E-state index in [1.807, 2.05) is 27.9 Å². The summed E-state index contributed by atoms with van der Waals surface area (Å²) in [5, 5.41) is 0. The largest absolute Gasteiger partial charge is 0.461 e. The van der Waals surface area contributed by atoms with Gasteiger partial charge in [-0.2, -0.15) is 15.0 Å². The lowest BCUT2D eigenvalue weighted by atomic mass is 10.5. The normalized spacial score (nSPS) is 10.6. The third-order valence-corrected chi connectivity index (χ3v) is 1.90. The fourth-order valence-electron chi connectivity index (χ4n) is 1.09. The van der Waals surface area contributed by atoms with Gasteiger partial charge in [-0.25, -0.2) is 5.84 Å². The van der Waals surface area contributed by atoms with E-state index < -0.39 is 0 Å². The molecule has 0 unspecified atom stereocenters. The Bertz CT molecular complexity index is 371. The Hall–Kier alpha value is -1.67. The second-order valence-corrected chi connectivity index (χ2v) is 4.05. The highest BCUT2D eigenvalue weighted by Crippen LogP contribution is 2.12. The van der Waals surface area contributed by atoms with Crippen molar-refractivity contribution in [1.82, 2.24) is 15.0 Å². The summed E-state index contributed by atoms with van der Waals surface area (Å²) in [4.78, 5) is 13.9. The minimum Gasteiger partial charge on any atom is -0.461 e. The van der Waals surface area contributed by atoms with Gasteiger partial charge in [0.15, 0.2) is 0 Å². The molecule has 8 heteroatoms. The quantitative estimate of drug-likeness (QED) is 0.400. The van der Waals surface area contributed by atoms with E-state index in [0.29, 0.717) is 19.2 Å². The summed E-state index contributed by atoms with van der Waals surface area (Å²) in [5.41, 5.74) is 2.37. The molecule has 8 nitrogen and oxygen atoms in total. The predicted octanol–water partition coefficient (Wildman–Crippen LogP) is 0.0270. The van der Waals surface area contributed by atoms with Gasteiger partial charge in [0.25, 0.3) is 0 Å². The lowest BCUT2D eigenvalue weighted by molar-refractivity contribution is 0.0531. The van der Waals surface area contributed by atoms with Crippen molar-refractivity contribution in [2.75, 3.05) is 37.6 Å². The average molecular weight is 256 g/mol. The maximum atomic E-state index is 5.38. The van der Waals surface area contributed by atoms with E-state index in [9.17, 15) is 0 Å². The van der Waals surface area contributed by atoms with Crippen LogP contribution in [0.1, 0.15) is 13.8 Å². The van der Waals surface area contributed by atoms with Crippen molar-refractivity contribution in [2.24, 2.45) is 5.84 Å². The summed E-state index contributed by atoms with van der Waals surface area (Å²) in [7, 11) is 3.64. The standard InChI is InChI=1S/C10H20N6O2/c1-7(2)17-5-6-18-10-13-8(15-11)12-9(14-10)16(3)4/h7H,5-6,11H2,1-4H3,(H,12,13,14,15). The van der Waals surface area contributed by atoms with Gasteiger partial charge in [-0.3, -0.25) is 5.43 Å². The van der Waals surface area contributed by atoms with Crippen molar-refractivity contribution in [3.8, 4) is 6.01 Å². The van der Waals surface area contributed by atoms with Crippen molar-refractivity contribution in [2.45, 2.75) is 20.0 Å². The number of hydrazine groups is 1. The maximum Gasteiger partial charge on any atom is 0.323 e. The van der Waals surface area contributed by atoms with E-state index in [2.05, 4.69) is 20.4 Å². The van der Waals surface area contributed by atoms with Gasteiger partial charge in [0, 0.05) is 14.1 Å². The molecular weight excluding hydrogens is 236 g/mol. The van der Waals surface area contributed by atoms with Crippen LogP contribution in [-0.4, -0.2) is 48.4 Å². The SMILES string of the molecule is CC(C)OCCOc1nc(NN)nc(N(C)C)n1. The molecule has 0 aliphatic rings. The number of nitrogen functional groups attached to an aromatic ring is 1. The molecule has 0 aliphatic carbocycles. The molecule has 0 atom stereocenters. The van der Waals surface area contributed by atoms with Crippen LogP contribution in [-0.2, 0) is 4.74 Å². The van der Waals surface area contributed by atoms with Gasteiger partial charge in [0.2, 0.25) is 11.9 Å². The summed E-state index contributed by atoms with van der Waals surface area (Å²) in [6.45, 7) is 4.78. The molecule has 1 rings (SSSR count). The van der Waals surface area contributed by atoms with Gasteiger partial charge >= 0.3 is 6.01 Å². The Labute approximate surface area is 106 Å². The van der Waals surface area contributed by atoms with Gasteiger partial charge in [-0.1, -0.05) is 0 Å². The van der Waals surface area contributed by atoms with E-state index in [1.165, 1.54) is 0 Å². The zero-order valence-electron chi connectivity index (χ0n) is 11.2. The summed E-state index contributed by atoms with van der Waals surface area (Å²) in [5.74, 6) is 6.01. The number of anilines is 2. The third kappa shape index (κ3) is 4.68. The molecule has 3 N–H and O–H groups in total. The first kappa shape index (κ1) is 14.4. The van der Waals surface area contributed by atoms with Gasteiger partial charge in [0.1, 0.15) is 6.61 Å². The summed E-state index contributed by atoms with van der Waals surface area (Å²) < 4.78 is 10.7. The number of hydrogen-bond donors (Lipinski definition) is 2. The third-order valence-electron chi connectivity index (χ3n) is 1.90. The highest BCUT2D eigenvalue weighted by Gasteiger charge is 2.08. The Morgan fingerprint density at radius 1 is 1.22 bits per heavy atom. The zero-order chi connectivity index (χ0) is 13.5. The molecule has 1 aromatic heterocycles. The first-order valence-electron chi connectivity index (χ1n) is 5.67. The topological polar surface area (TPSA) is 98.4 Å². The lowest BCUT2D eigenvalue weighted by Crippen LogP contribution is -2.19. The average Bonchev–Trinajstić information content (AvgIpc) is 2.34. The number of hydrogen-bond acceptors (Lipinski definition) is 8. The molecule has 0 spiro atoms. The second kappa shape index (κ2) is 6.92. The van der Waals surface area contributed by atoms with Crippen LogP contribution >= 0.6 is 0 Å². The summed E-state index contributed by atoms with van der Waals surface area (Å²) in [6, 6.07) is 0.217. The maximum absolute atomic E-state index is 5.38. The molecule has 0 aliphatic heterocycles. The number of rotatable bonds is 7. The summed E-state index contributed by atoms with van der Waals surface area (Å²) >= 11 is 0. The van der Waals surface area contributed by atoms with Crippen LogP contribution in [0.2, 0.25) is 0 Å². The van der Waals surface area contributed by atoms with Crippen molar-refractivity contribution in [3.05, 3.63) is 0 Å². The van der Waals surface area contributed by atoms with Crippen molar-refractivity contribution >= 4 is 11.9 Å². The Morgan fingerprint density at radius 3 is 2.50 bits per heavy atom. The minimum absolute atomic E-state index is 0.172. The number of aromatic nitrogens is 3. The molecule has 18 heavy (non-hydrogen) atoms. The number of ether oxygens (including phenoxy) is 2. The summed E-state index contributed by atoms with van der Waals surface area (Å²) in [6.07, 6.45) is 0.172. The van der Waals surface area contributed by atoms with Crippen LogP contribution in [0.5, 0.6) is 6.01 Å². The molecule has 0 fully saturated rings. The van der Waals surface area contributed by atoms with Crippen LogP contribution in [0.4, 0.5) is 11.9 Å². The molecule has 0 amide bonds. The highest BCUT2D eigenvalue weighted by molar-refractivity contribution is 5.35. The molecule has 1 heterocycles. The van der Waals surface area contributed by atoms with E-state index in [4.69, 9.17) is 15.3 Å². The first-order chi connectivity index (χ1) is 8.52. The molecule has 0 saturated heterocycles. The number of nitrogens with two attached hydrogens (primary N) is 1. The molecule has 0 aromatic carbocycles. The smallest absolute Gasteiger partial charge is 0.323 e. The highest BCUT2D eigenvalue weighted by atomic mass is 16.5. The fourth-order valence-corrected chi connectivity index (χ4v) is 1.09. The Balaban J connectivity index is 2.61. The van der Waals surface area contributed by atoms with Gasteiger partial charge in [-0.05, 0) is 13.8 Å². The van der Waals surface area contributed by atoms with Crippen LogP contribution in [0.3, 0.4) is 0 Å². The van der Waals surface area contributed by atoms with Crippen LogP contribution < -0.4 is 20.9 Å². The first-order valence-corrected chi connectivity index (χ1v) is 5.67. The molecule has 0 radical (unpaired) electrons. The molecular formula is C10H20N6O2. The molecule has 1 aromatic rings. The van der Waals surface area contributed by atoms with E-state index in [-0.39, 0.29) is 18.1 Å². The number of nitrogens with one attached hydrogen (secondary N) is 1. The molecule has 0 saturated carbocycles. The van der Waals surface area contributed by atoms with E-state index >= 15 is 0 Å². The van der Waals surface area contributed by atoms with Gasteiger partial charge < -0.3 is 14.4 Å². The van der Waals surface area contributed by atoms with Crippen molar-refractivity contribution < 1.29 is 9.47 Å². The fraction of sp³-hybridized carbons (Fsp3) is 0.700. The Morgan fingerprint density at radius 2 is 1.94 bits per heavy atom. The van der Waals surface area contributed by atoms with Gasteiger partial charge in [-0.15, -0.1) is 0 Å². The Kier molecular flexibility index (Phi) is 5.53. The van der Waals surface area contributed by atoms with E-state index in [0.717, 1.165) is 0 Å². The van der Waals surface area contributed by atoms with Crippen molar-refractivity contribution in [1.29, 1.82) is 0 Å². The van der Waals surface area contributed by atoms with Crippen LogP contribution in [0, 0.1) is 0 Å². The van der Waals surface area contributed by atoms with Crippen LogP contribution in [0.15, 0.2) is 0 Å². The zero-order valence-corrected chi connectivity index (χ0v) is 11.2. The predicted molar refractivity (Wildman–Crippen MR) is 68.5 cm³/mol. The lowest BCUT2D eigenvalue weighted by Gasteiger charge is -2.13. The van der Waals surface area contributed by atoms with Crippen LogP contribution in [0.25, 0.3) is 0 Å². The van der Waals surface area contributed by atoms with E-state index in [1.54, 1.807) is 4.90 Å². The molecule has 0 bridgehead atoms. The monoisotopic (exact) mass is 256 g/mol. The minimum atomic E-state index is 0.172.